The molecule has 0 saturated heterocycles. The van der Waals surface area contributed by atoms with Gasteiger partial charge in [0.1, 0.15) is 12.9 Å². The third kappa shape index (κ3) is 12.1. The maximum atomic E-state index is 12.2. The minimum atomic E-state index is -2.38. The van der Waals surface area contributed by atoms with Crippen molar-refractivity contribution < 1.29 is 18.7 Å². The maximum Gasteiger partial charge on any atom is 0.223 e. The van der Waals surface area contributed by atoms with Crippen LogP contribution in [0.2, 0.25) is 0 Å². The molecule has 0 aliphatic carbocycles. The van der Waals surface area contributed by atoms with Crippen molar-refractivity contribution in [1.29, 1.82) is 0 Å². The molecule has 130 valence electrons. The second-order valence-electron chi connectivity index (χ2n) is 6.87. The van der Waals surface area contributed by atoms with E-state index in [0.717, 1.165) is 0 Å². The van der Waals surface area contributed by atoms with Gasteiger partial charge >= 0.3 is 0 Å². The van der Waals surface area contributed by atoms with Gasteiger partial charge in [0.05, 0.1) is 19.7 Å². The first-order chi connectivity index (χ1) is 9.80. The fourth-order valence-electron chi connectivity index (χ4n) is 2.07. The highest BCUT2D eigenvalue weighted by molar-refractivity contribution is 7.62. The molecule has 0 unspecified atom stereocenters. The zero-order chi connectivity index (χ0) is 17.6. The molecule has 8 heteroatoms. The van der Waals surface area contributed by atoms with E-state index in [0.29, 0.717) is 19.4 Å². The van der Waals surface area contributed by atoms with Gasteiger partial charge in [-0.05, 0) is 40.6 Å². The molecule has 22 heavy (non-hydrogen) atoms. The summed E-state index contributed by atoms with van der Waals surface area (Å²) in [4.78, 5) is 26.7. The predicted octanol–water partition coefficient (Wildman–Crippen LogP) is 2.28. The molecule has 0 radical (unpaired) electrons. The van der Waals surface area contributed by atoms with Crippen LogP contribution in [0.1, 0.15) is 19.8 Å². The molecule has 0 aromatic rings. The van der Waals surface area contributed by atoms with Crippen molar-refractivity contribution >= 4 is 26.0 Å². The number of rotatable bonds is 10. The molecule has 0 N–H and O–H groups in total. The Hall–Kier alpha value is -0.440. The minimum absolute atomic E-state index is 0.0282. The summed E-state index contributed by atoms with van der Waals surface area (Å²) in [5.74, 6) is -0.178. The van der Waals surface area contributed by atoms with Crippen molar-refractivity contribution in [3.8, 4) is 0 Å². The molecule has 0 heterocycles. The van der Waals surface area contributed by atoms with E-state index in [1.807, 2.05) is 11.9 Å². The van der Waals surface area contributed by atoms with Crippen LogP contribution in [-0.4, -0.2) is 80.9 Å². The SMILES string of the molecule is CC(=O)CCC(=O)N(CCN(C)CP(C)(C)=O)CP(C)(C)=O. The molecule has 0 aliphatic heterocycles. The van der Waals surface area contributed by atoms with Crippen molar-refractivity contribution in [2.24, 2.45) is 0 Å². The van der Waals surface area contributed by atoms with Gasteiger partial charge in [-0.15, -0.1) is 0 Å². The molecule has 0 spiro atoms. The van der Waals surface area contributed by atoms with Crippen molar-refractivity contribution in [3.05, 3.63) is 0 Å². The van der Waals surface area contributed by atoms with Gasteiger partial charge < -0.3 is 18.8 Å². The lowest BCUT2D eigenvalue weighted by Gasteiger charge is -2.27. The van der Waals surface area contributed by atoms with Gasteiger partial charge in [0.15, 0.2) is 0 Å². The monoisotopic (exact) mass is 352 g/mol. The van der Waals surface area contributed by atoms with Gasteiger partial charge in [-0.3, -0.25) is 9.69 Å². The summed E-state index contributed by atoms with van der Waals surface area (Å²) in [7, 11) is -2.67. The number of Topliss-reactive ketones (excluding diaryl/α,β-unsaturated/α-hetero) is 1. The highest BCUT2D eigenvalue weighted by Gasteiger charge is 2.21. The summed E-state index contributed by atoms with van der Waals surface area (Å²) in [5.41, 5.74) is 0. The highest BCUT2D eigenvalue weighted by atomic mass is 31.2. The first-order valence-corrected chi connectivity index (χ1v) is 12.9. The molecular formula is C14H30N2O4P2. The average molecular weight is 352 g/mol. The van der Waals surface area contributed by atoms with E-state index in [9.17, 15) is 18.7 Å². The van der Waals surface area contributed by atoms with Crippen LogP contribution in [0.15, 0.2) is 0 Å². The summed E-state index contributed by atoms with van der Waals surface area (Å²) in [5, 5.41) is 0. The Kier molecular flexibility index (Phi) is 8.82. The predicted molar refractivity (Wildman–Crippen MR) is 92.9 cm³/mol. The number of carbonyl (C=O) groups excluding carboxylic acids is 2. The standard InChI is InChI=1S/C14H30N2O4P2/c1-13(17)7-8-14(18)16(12-22(5,6)20)10-9-15(2)11-21(3,4)19/h7-12H2,1-6H3. The number of hydrogen-bond acceptors (Lipinski definition) is 5. The van der Waals surface area contributed by atoms with Crippen LogP contribution in [0.5, 0.6) is 0 Å². The molecule has 6 nitrogen and oxygen atoms in total. The summed E-state index contributed by atoms with van der Waals surface area (Å²) in [6.45, 7) is 9.20. The van der Waals surface area contributed by atoms with E-state index in [1.165, 1.54) is 6.92 Å². The minimum Gasteiger partial charge on any atom is -0.334 e. The van der Waals surface area contributed by atoms with Crippen molar-refractivity contribution in [2.75, 3.05) is 59.4 Å². The second kappa shape index (κ2) is 9.00. The topological polar surface area (TPSA) is 74.8 Å². The largest absolute Gasteiger partial charge is 0.334 e. The maximum absolute atomic E-state index is 12.2. The smallest absolute Gasteiger partial charge is 0.223 e. The third-order valence-corrected chi connectivity index (χ3v) is 5.08. The van der Waals surface area contributed by atoms with E-state index in [2.05, 4.69) is 0 Å². The van der Waals surface area contributed by atoms with Gasteiger partial charge in [-0.25, -0.2) is 0 Å². The van der Waals surface area contributed by atoms with Gasteiger partial charge in [-0.1, -0.05) is 0 Å². The fraction of sp³-hybridized carbons (Fsp3) is 0.857. The molecule has 0 aromatic heterocycles. The summed E-state index contributed by atoms with van der Waals surface area (Å²) in [6, 6.07) is 0. The van der Waals surface area contributed by atoms with E-state index in [1.54, 1.807) is 31.6 Å². The number of likely N-dealkylation sites (N-methyl/N-ethyl adjacent to an activating group) is 1. The third-order valence-electron chi connectivity index (χ3n) is 2.89. The van der Waals surface area contributed by atoms with Crippen LogP contribution in [0.3, 0.4) is 0 Å². The molecule has 0 aromatic carbocycles. The summed E-state index contributed by atoms with van der Waals surface area (Å²) in [6.07, 6.45) is 1.06. The lowest BCUT2D eigenvalue weighted by molar-refractivity contribution is -0.132. The van der Waals surface area contributed by atoms with Crippen LogP contribution in [0.25, 0.3) is 0 Å². The Bertz CT molecular complexity index is 481. The molecule has 0 bridgehead atoms. The van der Waals surface area contributed by atoms with Crippen LogP contribution >= 0.6 is 14.3 Å². The zero-order valence-electron chi connectivity index (χ0n) is 14.7. The quantitative estimate of drug-likeness (QED) is 0.564. The molecule has 1 amide bonds. The summed E-state index contributed by atoms with van der Waals surface area (Å²) >= 11 is 0. The fourth-order valence-corrected chi connectivity index (χ4v) is 4.50. The molecule has 0 aliphatic rings. The molecule has 0 saturated carbocycles. The number of nitrogens with zero attached hydrogens (tertiary/aromatic N) is 2. The van der Waals surface area contributed by atoms with Crippen LogP contribution in [0.4, 0.5) is 0 Å². The Morgan fingerprint density at radius 2 is 1.36 bits per heavy atom. The van der Waals surface area contributed by atoms with Gasteiger partial charge in [-0.2, -0.15) is 0 Å². The van der Waals surface area contributed by atoms with Gasteiger partial charge in [0.25, 0.3) is 0 Å². The Labute approximate surface area is 134 Å². The normalized spacial score (nSPS) is 12.5. The van der Waals surface area contributed by atoms with Crippen LogP contribution in [-0.2, 0) is 18.7 Å². The van der Waals surface area contributed by atoms with E-state index in [4.69, 9.17) is 0 Å². The van der Waals surface area contributed by atoms with E-state index in [-0.39, 0.29) is 30.8 Å². The molecule has 0 rings (SSSR count). The number of ketones is 1. The first-order valence-electron chi connectivity index (χ1n) is 7.34. The van der Waals surface area contributed by atoms with Crippen LogP contribution in [0, 0.1) is 0 Å². The lowest BCUT2D eigenvalue weighted by atomic mass is 10.2. The zero-order valence-corrected chi connectivity index (χ0v) is 16.5. The Balaban J connectivity index is 4.66. The van der Waals surface area contributed by atoms with Gasteiger partial charge in [0, 0.05) is 25.9 Å². The molecular weight excluding hydrogens is 322 g/mol. The summed E-state index contributed by atoms with van der Waals surface area (Å²) < 4.78 is 23.8. The second-order valence-corrected chi connectivity index (χ2v) is 13.7. The highest BCUT2D eigenvalue weighted by Crippen LogP contribution is 2.37. The number of amides is 1. The number of hydrogen-bond donors (Lipinski definition) is 0. The van der Waals surface area contributed by atoms with Crippen molar-refractivity contribution in [1.82, 2.24) is 9.80 Å². The van der Waals surface area contributed by atoms with E-state index >= 15 is 0 Å². The van der Waals surface area contributed by atoms with E-state index < -0.39 is 14.3 Å². The molecule has 0 fully saturated rings. The van der Waals surface area contributed by atoms with Gasteiger partial charge in [0.2, 0.25) is 5.91 Å². The Morgan fingerprint density at radius 3 is 1.77 bits per heavy atom. The first kappa shape index (κ1) is 21.6. The lowest BCUT2D eigenvalue weighted by Crippen LogP contribution is -2.38. The van der Waals surface area contributed by atoms with Crippen molar-refractivity contribution in [2.45, 2.75) is 19.8 Å². The number of carbonyl (C=O) groups is 2. The van der Waals surface area contributed by atoms with Crippen molar-refractivity contribution in [3.63, 3.8) is 0 Å². The van der Waals surface area contributed by atoms with Crippen LogP contribution < -0.4 is 0 Å². The average Bonchev–Trinajstić information content (AvgIpc) is 2.27. The molecule has 0 atom stereocenters. The Morgan fingerprint density at radius 1 is 0.864 bits per heavy atom.